The van der Waals surface area contributed by atoms with Crippen LogP contribution in [0.25, 0.3) is 0 Å². The van der Waals surface area contributed by atoms with Crippen molar-refractivity contribution in [3.63, 3.8) is 0 Å². The quantitative estimate of drug-likeness (QED) is 0.863. The van der Waals surface area contributed by atoms with Crippen molar-refractivity contribution in [2.24, 2.45) is 0 Å². The highest BCUT2D eigenvalue weighted by atomic mass is 16.5. The first-order valence-electron chi connectivity index (χ1n) is 7.91. The lowest BCUT2D eigenvalue weighted by atomic mass is 10.0. The number of ether oxygens (including phenoxy) is 1. The molecule has 1 aliphatic heterocycles. The van der Waals surface area contributed by atoms with Crippen LogP contribution in [0.4, 0.5) is 0 Å². The van der Waals surface area contributed by atoms with E-state index in [0.717, 1.165) is 32.3 Å². The third kappa shape index (κ3) is 3.81. The molecule has 0 spiro atoms. The maximum atomic E-state index is 5.46. The summed E-state index contributed by atoms with van der Waals surface area (Å²) in [4.78, 5) is 2.50. The van der Waals surface area contributed by atoms with Crippen LogP contribution in [0, 0.1) is 0 Å². The summed E-state index contributed by atoms with van der Waals surface area (Å²) in [7, 11) is 2.25. The number of nitrogens with one attached hydrogen (secondary N) is 1. The molecule has 1 aromatic rings. The minimum atomic E-state index is 0.674. The summed E-state index contributed by atoms with van der Waals surface area (Å²) in [6.07, 6.45) is 5.03. The summed E-state index contributed by atoms with van der Waals surface area (Å²) < 4.78 is 5.46. The van der Waals surface area contributed by atoms with Crippen LogP contribution in [0.1, 0.15) is 36.8 Å². The maximum absolute atomic E-state index is 5.46. The van der Waals surface area contributed by atoms with Gasteiger partial charge < -0.3 is 10.1 Å². The Labute approximate surface area is 122 Å². The van der Waals surface area contributed by atoms with Crippen molar-refractivity contribution in [1.82, 2.24) is 10.2 Å². The Morgan fingerprint density at radius 2 is 1.80 bits per heavy atom. The van der Waals surface area contributed by atoms with Crippen molar-refractivity contribution in [1.29, 1.82) is 0 Å². The minimum Gasteiger partial charge on any atom is -0.381 e. The predicted molar refractivity (Wildman–Crippen MR) is 81.6 cm³/mol. The van der Waals surface area contributed by atoms with E-state index in [1.54, 1.807) is 0 Å². The van der Waals surface area contributed by atoms with Gasteiger partial charge in [-0.3, -0.25) is 4.90 Å². The van der Waals surface area contributed by atoms with E-state index in [-0.39, 0.29) is 0 Å². The third-order valence-corrected chi connectivity index (χ3v) is 4.51. The first-order valence-corrected chi connectivity index (χ1v) is 7.91. The zero-order valence-corrected chi connectivity index (χ0v) is 12.5. The zero-order chi connectivity index (χ0) is 13.8. The number of benzene rings is 1. The van der Waals surface area contributed by atoms with Crippen molar-refractivity contribution in [2.45, 2.75) is 50.9 Å². The van der Waals surface area contributed by atoms with Gasteiger partial charge in [-0.1, -0.05) is 24.3 Å². The molecule has 20 heavy (non-hydrogen) atoms. The Bertz CT molecular complexity index is 425. The smallest absolute Gasteiger partial charge is 0.0480 e. The highest BCUT2D eigenvalue weighted by Crippen LogP contribution is 2.21. The summed E-state index contributed by atoms with van der Waals surface area (Å²) in [6, 6.07) is 10.3. The van der Waals surface area contributed by atoms with Gasteiger partial charge in [0, 0.05) is 38.4 Å². The van der Waals surface area contributed by atoms with Crippen LogP contribution in [0.5, 0.6) is 0 Å². The molecule has 3 nitrogen and oxygen atoms in total. The van der Waals surface area contributed by atoms with Gasteiger partial charge in [0.1, 0.15) is 0 Å². The molecule has 0 radical (unpaired) electrons. The van der Waals surface area contributed by atoms with Crippen molar-refractivity contribution < 1.29 is 4.74 Å². The average Bonchev–Trinajstić information content (AvgIpc) is 3.31. The van der Waals surface area contributed by atoms with Crippen LogP contribution >= 0.6 is 0 Å². The maximum Gasteiger partial charge on any atom is 0.0480 e. The van der Waals surface area contributed by atoms with Crippen LogP contribution in [0.15, 0.2) is 24.3 Å². The Morgan fingerprint density at radius 1 is 1.10 bits per heavy atom. The molecule has 1 N–H and O–H groups in total. The largest absolute Gasteiger partial charge is 0.381 e. The van der Waals surface area contributed by atoms with Gasteiger partial charge in [0.25, 0.3) is 0 Å². The number of hydrogen-bond acceptors (Lipinski definition) is 3. The summed E-state index contributed by atoms with van der Waals surface area (Å²) in [5.41, 5.74) is 2.92. The van der Waals surface area contributed by atoms with E-state index in [0.29, 0.717) is 6.04 Å². The fourth-order valence-electron chi connectivity index (χ4n) is 2.95. The SMILES string of the molecule is CN(Cc1ccccc1CNC1CC1)C1CCOCC1. The first-order chi connectivity index (χ1) is 9.83. The van der Waals surface area contributed by atoms with Gasteiger partial charge in [0.15, 0.2) is 0 Å². The van der Waals surface area contributed by atoms with Crippen LogP contribution in [-0.2, 0) is 17.8 Å². The molecule has 3 rings (SSSR count). The van der Waals surface area contributed by atoms with Crippen LogP contribution in [0.3, 0.4) is 0 Å². The van der Waals surface area contributed by atoms with E-state index in [1.807, 2.05) is 0 Å². The van der Waals surface area contributed by atoms with Crippen LogP contribution < -0.4 is 5.32 Å². The number of nitrogens with zero attached hydrogens (tertiary/aromatic N) is 1. The molecule has 0 unspecified atom stereocenters. The van der Waals surface area contributed by atoms with Crippen LogP contribution in [0.2, 0.25) is 0 Å². The van der Waals surface area contributed by atoms with E-state index in [1.165, 1.54) is 36.8 Å². The van der Waals surface area contributed by atoms with Gasteiger partial charge in [-0.2, -0.15) is 0 Å². The molecular weight excluding hydrogens is 248 g/mol. The second kappa shape index (κ2) is 6.70. The molecule has 0 bridgehead atoms. The molecule has 110 valence electrons. The Balaban J connectivity index is 1.59. The van der Waals surface area contributed by atoms with Gasteiger partial charge in [-0.15, -0.1) is 0 Å². The molecule has 1 aliphatic carbocycles. The zero-order valence-electron chi connectivity index (χ0n) is 12.5. The molecule has 2 aliphatic rings. The summed E-state index contributed by atoms with van der Waals surface area (Å²) in [5, 5.41) is 3.63. The monoisotopic (exact) mass is 274 g/mol. The lowest BCUT2D eigenvalue weighted by molar-refractivity contribution is 0.0406. The van der Waals surface area contributed by atoms with E-state index >= 15 is 0 Å². The fraction of sp³-hybridized carbons (Fsp3) is 0.647. The molecular formula is C17H26N2O. The molecule has 0 amide bonds. The van der Waals surface area contributed by atoms with Crippen molar-refractivity contribution in [2.75, 3.05) is 20.3 Å². The third-order valence-electron chi connectivity index (χ3n) is 4.51. The van der Waals surface area contributed by atoms with Crippen molar-refractivity contribution in [3.8, 4) is 0 Å². The second-order valence-corrected chi connectivity index (χ2v) is 6.18. The Morgan fingerprint density at radius 3 is 2.50 bits per heavy atom. The van der Waals surface area contributed by atoms with E-state index in [2.05, 4.69) is 41.5 Å². The van der Waals surface area contributed by atoms with Gasteiger partial charge in [0.05, 0.1) is 0 Å². The Hall–Kier alpha value is -0.900. The normalized spacial score (nSPS) is 20.5. The van der Waals surface area contributed by atoms with E-state index in [9.17, 15) is 0 Å². The molecule has 0 aromatic heterocycles. The highest BCUT2D eigenvalue weighted by Gasteiger charge is 2.21. The first kappa shape index (κ1) is 14.1. The second-order valence-electron chi connectivity index (χ2n) is 6.18. The molecule has 1 saturated carbocycles. The van der Waals surface area contributed by atoms with Gasteiger partial charge in [-0.05, 0) is 43.9 Å². The molecule has 1 aromatic carbocycles. The fourth-order valence-corrected chi connectivity index (χ4v) is 2.95. The van der Waals surface area contributed by atoms with Gasteiger partial charge in [-0.25, -0.2) is 0 Å². The lowest BCUT2D eigenvalue weighted by Crippen LogP contribution is -2.36. The number of hydrogen-bond donors (Lipinski definition) is 1. The predicted octanol–water partition coefficient (Wildman–Crippen LogP) is 2.55. The molecule has 1 saturated heterocycles. The van der Waals surface area contributed by atoms with E-state index < -0.39 is 0 Å². The summed E-state index contributed by atoms with van der Waals surface area (Å²) >= 11 is 0. The van der Waals surface area contributed by atoms with Gasteiger partial charge >= 0.3 is 0 Å². The summed E-state index contributed by atoms with van der Waals surface area (Å²) in [5.74, 6) is 0. The average molecular weight is 274 g/mol. The molecule has 2 fully saturated rings. The van der Waals surface area contributed by atoms with Crippen molar-refractivity contribution >= 4 is 0 Å². The molecule has 3 heteroatoms. The van der Waals surface area contributed by atoms with Gasteiger partial charge in [0.2, 0.25) is 0 Å². The molecule has 1 heterocycles. The molecule has 0 atom stereocenters. The lowest BCUT2D eigenvalue weighted by Gasteiger charge is -2.31. The minimum absolute atomic E-state index is 0.674. The van der Waals surface area contributed by atoms with E-state index in [4.69, 9.17) is 4.74 Å². The Kier molecular flexibility index (Phi) is 4.71. The van der Waals surface area contributed by atoms with Crippen molar-refractivity contribution in [3.05, 3.63) is 35.4 Å². The highest BCUT2D eigenvalue weighted by molar-refractivity contribution is 5.27. The topological polar surface area (TPSA) is 24.5 Å². The summed E-state index contributed by atoms with van der Waals surface area (Å²) in [6.45, 7) is 3.90. The van der Waals surface area contributed by atoms with Crippen LogP contribution in [-0.4, -0.2) is 37.2 Å². The standard InChI is InChI=1S/C17H26N2O/c1-19(17-8-10-20-11-9-17)13-15-5-3-2-4-14(15)12-18-16-6-7-16/h2-5,16-18H,6-13H2,1H3. The number of rotatable bonds is 6.